The molecule has 0 aromatic heterocycles. The molecule has 0 amide bonds. The summed E-state index contributed by atoms with van der Waals surface area (Å²) in [5.41, 5.74) is 1.83. The molecule has 0 aliphatic carbocycles. The minimum atomic E-state index is -1.74. The molecular formula is C15H23NOSi. The van der Waals surface area contributed by atoms with Gasteiger partial charge in [-0.1, -0.05) is 32.9 Å². The van der Waals surface area contributed by atoms with Crippen molar-refractivity contribution in [1.29, 1.82) is 5.26 Å². The summed E-state index contributed by atoms with van der Waals surface area (Å²) < 4.78 is 6.32. The lowest BCUT2D eigenvalue weighted by atomic mass is 10.1. The number of nitriles is 1. The maximum Gasteiger partial charge on any atom is 0.192 e. The molecule has 18 heavy (non-hydrogen) atoms. The molecular weight excluding hydrogens is 238 g/mol. The number of nitrogens with zero attached hydrogens (tertiary/aromatic N) is 1. The highest BCUT2D eigenvalue weighted by atomic mass is 28.4. The molecule has 1 aromatic carbocycles. The van der Waals surface area contributed by atoms with E-state index in [2.05, 4.69) is 46.9 Å². The molecule has 1 rings (SSSR count). The summed E-state index contributed by atoms with van der Waals surface area (Å²) in [6.07, 6.45) is 0.0821. The summed E-state index contributed by atoms with van der Waals surface area (Å²) in [6.45, 7) is 13.3. The van der Waals surface area contributed by atoms with Crippen LogP contribution in [0.25, 0.3) is 0 Å². The van der Waals surface area contributed by atoms with Crippen LogP contribution in [0.5, 0.6) is 0 Å². The number of benzene rings is 1. The molecule has 0 radical (unpaired) electrons. The zero-order valence-electron chi connectivity index (χ0n) is 12.2. The first-order valence-electron chi connectivity index (χ1n) is 6.35. The van der Waals surface area contributed by atoms with Crippen LogP contribution in [0.15, 0.2) is 24.3 Å². The molecule has 0 heterocycles. The molecule has 3 heteroatoms. The van der Waals surface area contributed by atoms with E-state index in [0.717, 1.165) is 5.56 Å². The summed E-state index contributed by atoms with van der Waals surface area (Å²) in [7, 11) is -1.74. The SMILES string of the molecule is CC(O[Si](C)(C)C(C)(C)C)c1ccc(C#N)cc1. The maximum atomic E-state index is 8.79. The van der Waals surface area contributed by atoms with E-state index in [4.69, 9.17) is 9.69 Å². The summed E-state index contributed by atoms with van der Waals surface area (Å²) in [4.78, 5) is 0. The van der Waals surface area contributed by atoms with E-state index in [1.165, 1.54) is 0 Å². The van der Waals surface area contributed by atoms with Gasteiger partial charge < -0.3 is 4.43 Å². The van der Waals surface area contributed by atoms with E-state index in [0.29, 0.717) is 5.56 Å². The third-order valence-electron chi connectivity index (χ3n) is 3.79. The monoisotopic (exact) mass is 261 g/mol. The molecule has 2 nitrogen and oxygen atoms in total. The van der Waals surface area contributed by atoms with E-state index in [9.17, 15) is 0 Å². The van der Waals surface area contributed by atoms with E-state index >= 15 is 0 Å². The second-order valence-corrected chi connectivity index (χ2v) is 11.0. The summed E-state index contributed by atoms with van der Waals surface area (Å²) in [5.74, 6) is 0. The van der Waals surface area contributed by atoms with Gasteiger partial charge >= 0.3 is 0 Å². The first-order valence-corrected chi connectivity index (χ1v) is 9.26. The molecule has 0 fully saturated rings. The molecule has 1 unspecified atom stereocenters. The number of hydrogen-bond acceptors (Lipinski definition) is 2. The highest BCUT2D eigenvalue weighted by Gasteiger charge is 2.38. The Balaban J connectivity index is 2.82. The Morgan fingerprint density at radius 1 is 1.17 bits per heavy atom. The van der Waals surface area contributed by atoms with Gasteiger partial charge in [0.05, 0.1) is 17.7 Å². The molecule has 0 spiro atoms. The second kappa shape index (κ2) is 5.25. The van der Waals surface area contributed by atoms with Crippen LogP contribution >= 0.6 is 0 Å². The predicted molar refractivity (Wildman–Crippen MR) is 77.9 cm³/mol. The lowest BCUT2D eigenvalue weighted by molar-refractivity contribution is 0.203. The van der Waals surface area contributed by atoms with Crippen LogP contribution in [0.1, 0.15) is 44.9 Å². The fourth-order valence-electron chi connectivity index (χ4n) is 1.52. The Morgan fingerprint density at radius 3 is 2.06 bits per heavy atom. The van der Waals surface area contributed by atoms with Gasteiger partial charge in [0.15, 0.2) is 8.32 Å². The topological polar surface area (TPSA) is 33.0 Å². The average molecular weight is 261 g/mol. The molecule has 0 bridgehead atoms. The van der Waals surface area contributed by atoms with Crippen LogP contribution in [-0.2, 0) is 4.43 Å². The van der Waals surface area contributed by atoms with Crippen LogP contribution in [0, 0.1) is 11.3 Å². The van der Waals surface area contributed by atoms with Crippen molar-refractivity contribution in [3.8, 4) is 6.07 Å². The Hall–Kier alpha value is -1.11. The molecule has 0 aliphatic rings. The molecule has 1 aromatic rings. The molecule has 98 valence electrons. The highest BCUT2D eigenvalue weighted by Crippen LogP contribution is 2.39. The Morgan fingerprint density at radius 2 is 1.67 bits per heavy atom. The largest absolute Gasteiger partial charge is 0.410 e. The standard InChI is InChI=1S/C15H23NOSi/c1-12(17-18(5,6)15(2,3)4)14-9-7-13(11-16)8-10-14/h7-10,12H,1-6H3. The smallest absolute Gasteiger partial charge is 0.192 e. The normalized spacial score (nSPS) is 14.1. The molecule has 0 saturated heterocycles. The number of hydrogen-bond donors (Lipinski definition) is 0. The summed E-state index contributed by atoms with van der Waals surface area (Å²) in [5, 5.41) is 9.00. The lowest BCUT2D eigenvalue weighted by Gasteiger charge is -2.38. The predicted octanol–water partition coefficient (Wildman–Crippen LogP) is 4.64. The van der Waals surface area contributed by atoms with Crippen molar-refractivity contribution in [3.05, 3.63) is 35.4 Å². The maximum absolute atomic E-state index is 8.79. The summed E-state index contributed by atoms with van der Waals surface area (Å²) in [6, 6.07) is 9.79. The van der Waals surface area contributed by atoms with Gasteiger partial charge in [0.2, 0.25) is 0 Å². The van der Waals surface area contributed by atoms with Crippen LogP contribution in [0.2, 0.25) is 18.1 Å². The second-order valence-electron chi connectivity index (χ2n) is 6.25. The molecule has 0 N–H and O–H groups in total. The van der Waals surface area contributed by atoms with Crippen LogP contribution in [0.3, 0.4) is 0 Å². The van der Waals surface area contributed by atoms with Gasteiger partial charge in [-0.3, -0.25) is 0 Å². The third kappa shape index (κ3) is 3.44. The van der Waals surface area contributed by atoms with Gasteiger partial charge in [0.1, 0.15) is 0 Å². The fraction of sp³-hybridized carbons (Fsp3) is 0.533. The van der Waals surface area contributed by atoms with Gasteiger partial charge in [-0.25, -0.2) is 0 Å². The van der Waals surface area contributed by atoms with Crippen molar-refractivity contribution >= 4 is 8.32 Å². The highest BCUT2D eigenvalue weighted by molar-refractivity contribution is 6.74. The van der Waals surface area contributed by atoms with E-state index < -0.39 is 8.32 Å². The van der Waals surface area contributed by atoms with Gasteiger partial charge in [0, 0.05) is 0 Å². The minimum Gasteiger partial charge on any atom is -0.410 e. The first-order chi connectivity index (χ1) is 8.17. The molecule has 1 atom stereocenters. The first kappa shape index (κ1) is 14.9. The average Bonchev–Trinajstić information content (AvgIpc) is 2.27. The van der Waals surface area contributed by atoms with Gasteiger partial charge in [0.25, 0.3) is 0 Å². The van der Waals surface area contributed by atoms with Gasteiger partial charge in [-0.15, -0.1) is 0 Å². The fourth-order valence-corrected chi connectivity index (χ4v) is 2.89. The Labute approximate surface area is 112 Å². The van der Waals surface area contributed by atoms with Gasteiger partial charge in [-0.05, 0) is 42.8 Å². The minimum absolute atomic E-state index is 0.0821. The lowest BCUT2D eigenvalue weighted by Crippen LogP contribution is -2.41. The van der Waals surface area contributed by atoms with Crippen LogP contribution in [0.4, 0.5) is 0 Å². The number of rotatable bonds is 3. The van der Waals surface area contributed by atoms with Crippen LogP contribution in [-0.4, -0.2) is 8.32 Å². The van der Waals surface area contributed by atoms with Crippen molar-refractivity contribution < 1.29 is 4.43 Å². The van der Waals surface area contributed by atoms with E-state index in [1.807, 2.05) is 24.3 Å². The molecule has 0 aliphatic heterocycles. The van der Waals surface area contributed by atoms with E-state index in [-0.39, 0.29) is 11.1 Å². The van der Waals surface area contributed by atoms with E-state index in [1.54, 1.807) is 0 Å². The molecule has 0 saturated carbocycles. The van der Waals surface area contributed by atoms with Crippen molar-refractivity contribution in [3.63, 3.8) is 0 Å². The summed E-state index contributed by atoms with van der Waals surface area (Å²) >= 11 is 0. The van der Waals surface area contributed by atoms with Crippen LogP contribution < -0.4 is 0 Å². The zero-order chi connectivity index (χ0) is 14.0. The van der Waals surface area contributed by atoms with Crippen molar-refractivity contribution in [2.75, 3.05) is 0 Å². The van der Waals surface area contributed by atoms with Crippen molar-refractivity contribution in [2.24, 2.45) is 0 Å². The zero-order valence-corrected chi connectivity index (χ0v) is 13.2. The van der Waals surface area contributed by atoms with Crippen molar-refractivity contribution in [2.45, 2.75) is 51.9 Å². The quantitative estimate of drug-likeness (QED) is 0.742. The Bertz CT molecular complexity index is 437. The van der Waals surface area contributed by atoms with Crippen molar-refractivity contribution in [1.82, 2.24) is 0 Å². The van der Waals surface area contributed by atoms with Gasteiger partial charge in [-0.2, -0.15) is 5.26 Å². The Kier molecular flexibility index (Phi) is 4.36. The third-order valence-corrected chi connectivity index (χ3v) is 8.34.